The standard InChI is InChI=1S/C34H37NO2S/c1-4-28-20-21-29(38-28)22-35(27-18-16-26(17-19-27)24(2)3)34(36)32-14-8-13-31-30(32)12-9-15-33(31)37-23-25-10-6-5-7-11-25/h5-7,9-12,15-21,24,32H,4,8,13-14,22-23H2,1-3H3. The molecule has 0 radical (unpaired) electrons. The van der Waals surface area contributed by atoms with Gasteiger partial charge in [0.25, 0.3) is 0 Å². The van der Waals surface area contributed by atoms with Crippen LogP contribution in [0.15, 0.2) is 84.9 Å². The summed E-state index contributed by atoms with van der Waals surface area (Å²) in [7, 11) is 0. The Labute approximate surface area is 231 Å². The molecule has 3 nitrogen and oxygen atoms in total. The van der Waals surface area contributed by atoms with E-state index < -0.39 is 0 Å². The second-order valence-corrected chi connectivity index (χ2v) is 11.7. The van der Waals surface area contributed by atoms with Crippen molar-refractivity contribution in [1.82, 2.24) is 0 Å². The average Bonchev–Trinajstić information content (AvgIpc) is 3.42. The fourth-order valence-corrected chi connectivity index (χ4v) is 6.27. The number of carbonyl (C=O) groups excluding carboxylic acids is 1. The first-order chi connectivity index (χ1) is 18.5. The van der Waals surface area contributed by atoms with Crippen LogP contribution < -0.4 is 9.64 Å². The molecule has 1 atom stereocenters. The molecule has 1 amide bonds. The third-order valence-corrected chi connectivity index (χ3v) is 8.73. The molecule has 196 valence electrons. The van der Waals surface area contributed by atoms with Gasteiger partial charge in [0.2, 0.25) is 5.91 Å². The highest BCUT2D eigenvalue weighted by Crippen LogP contribution is 2.39. The van der Waals surface area contributed by atoms with E-state index in [0.717, 1.165) is 48.2 Å². The van der Waals surface area contributed by atoms with Crippen molar-refractivity contribution in [2.75, 3.05) is 4.90 Å². The summed E-state index contributed by atoms with van der Waals surface area (Å²) in [5, 5.41) is 0. The number of hydrogen-bond donors (Lipinski definition) is 0. The number of fused-ring (bicyclic) bond motifs is 1. The predicted octanol–water partition coefficient (Wildman–Crippen LogP) is 8.67. The van der Waals surface area contributed by atoms with E-state index in [2.05, 4.69) is 81.4 Å². The summed E-state index contributed by atoms with van der Waals surface area (Å²) in [6, 6.07) is 29.4. The molecular formula is C34H37NO2S. The number of carbonyl (C=O) groups is 1. The summed E-state index contributed by atoms with van der Waals surface area (Å²) in [5.74, 6) is 1.36. The molecule has 1 unspecified atom stereocenters. The van der Waals surface area contributed by atoms with Gasteiger partial charge in [0.1, 0.15) is 12.4 Å². The first kappa shape index (κ1) is 26.2. The van der Waals surface area contributed by atoms with Crippen LogP contribution in [0.3, 0.4) is 0 Å². The van der Waals surface area contributed by atoms with E-state index in [1.807, 2.05) is 29.2 Å². The Morgan fingerprint density at radius 1 is 0.947 bits per heavy atom. The number of thiophene rings is 1. The molecule has 5 rings (SSSR count). The number of rotatable bonds is 9. The van der Waals surface area contributed by atoms with Crippen molar-refractivity contribution in [3.05, 3.63) is 117 Å². The van der Waals surface area contributed by atoms with E-state index in [9.17, 15) is 4.79 Å². The Kier molecular flexibility index (Phi) is 8.29. The molecule has 3 aromatic carbocycles. The first-order valence-electron chi connectivity index (χ1n) is 13.8. The smallest absolute Gasteiger partial charge is 0.234 e. The monoisotopic (exact) mass is 523 g/mol. The molecule has 0 fully saturated rings. The molecule has 0 bridgehead atoms. The zero-order chi connectivity index (χ0) is 26.5. The summed E-state index contributed by atoms with van der Waals surface area (Å²) in [4.78, 5) is 18.9. The normalized spacial score (nSPS) is 14.8. The number of aryl methyl sites for hydroxylation is 1. The zero-order valence-electron chi connectivity index (χ0n) is 22.7. The van der Waals surface area contributed by atoms with Crippen LogP contribution in [0, 0.1) is 0 Å². The maximum atomic E-state index is 14.3. The Morgan fingerprint density at radius 2 is 1.71 bits per heavy atom. The van der Waals surface area contributed by atoms with Crippen molar-refractivity contribution in [3.63, 3.8) is 0 Å². The highest BCUT2D eigenvalue weighted by atomic mass is 32.1. The number of ether oxygens (including phenoxy) is 1. The minimum Gasteiger partial charge on any atom is -0.489 e. The van der Waals surface area contributed by atoms with Crippen molar-refractivity contribution in [3.8, 4) is 5.75 Å². The van der Waals surface area contributed by atoms with Gasteiger partial charge in [-0.3, -0.25) is 4.79 Å². The number of nitrogens with zero attached hydrogens (tertiary/aromatic N) is 1. The highest BCUT2D eigenvalue weighted by Gasteiger charge is 2.32. The minimum absolute atomic E-state index is 0.172. The Hall–Kier alpha value is -3.37. The van der Waals surface area contributed by atoms with Gasteiger partial charge >= 0.3 is 0 Å². The molecule has 1 aromatic heterocycles. The van der Waals surface area contributed by atoms with Crippen molar-refractivity contribution >= 4 is 22.9 Å². The van der Waals surface area contributed by atoms with Gasteiger partial charge in [-0.25, -0.2) is 0 Å². The SMILES string of the molecule is CCc1ccc(CN(C(=O)C2CCCc3c(OCc4ccccc4)cccc32)c2ccc(C(C)C)cc2)s1. The molecule has 0 N–H and O–H groups in total. The fourth-order valence-electron chi connectivity index (χ4n) is 5.32. The molecule has 0 saturated heterocycles. The lowest BCUT2D eigenvalue weighted by Crippen LogP contribution is -2.36. The van der Waals surface area contributed by atoms with E-state index in [1.54, 1.807) is 11.3 Å². The van der Waals surface area contributed by atoms with Crippen LogP contribution in [0.4, 0.5) is 5.69 Å². The van der Waals surface area contributed by atoms with Crippen LogP contribution in [0.1, 0.15) is 77.5 Å². The predicted molar refractivity (Wildman–Crippen MR) is 158 cm³/mol. The Balaban J connectivity index is 1.44. The largest absolute Gasteiger partial charge is 0.489 e. The number of hydrogen-bond acceptors (Lipinski definition) is 3. The lowest BCUT2D eigenvalue weighted by atomic mass is 9.81. The molecule has 1 aliphatic carbocycles. The van der Waals surface area contributed by atoms with Gasteiger partial charge in [-0.2, -0.15) is 0 Å². The van der Waals surface area contributed by atoms with Crippen molar-refractivity contribution in [1.29, 1.82) is 0 Å². The van der Waals surface area contributed by atoms with Crippen molar-refractivity contribution < 1.29 is 9.53 Å². The number of anilines is 1. The Morgan fingerprint density at radius 3 is 2.42 bits per heavy atom. The van der Waals surface area contributed by atoms with Crippen LogP contribution in [0.25, 0.3) is 0 Å². The first-order valence-corrected chi connectivity index (χ1v) is 14.6. The third-order valence-electron chi connectivity index (χ3n) is 7.52. The van der Waals surface area contributed by atoms with Gasteiger partial charge in [-0.1, -0.05) is 75.4 Å². The summed E-state index contributed by atoms with van der Waals surface area (Å²) in [6.07, 6.45) is 3.80. The van der Waals surface area contributed by atoms with E-state index in [4.69, 9.17) is 4.74 Å². The highest BCUT2D eigenvalue weighted by molar-refractivity contribution is 7.12. The van der Waals surface area contributed by atoms with Gasteiger partial charge < -0.3 is 9.64 Å². The molecule has 4 aromatic rings. The van der Waals surface area contributed by atoms with Crippen LogP contribution in [-0.2, 0) is 30.8 Å². The Bertz CT molecular complexity index is 1360. The maximum absolute atomic E-state index is 14.3. The molecular weight excluding hydrogens is 486 g/mol. The van der Waals surface area contributed by atoms with Crippen LogP contribution in [0.2, 0.25) is 0 Å². The summed E-state index contributed by atoms with van der Waals surface area (Å²) >= 11 is 1.81. The van der Waals surface area contributed by atoms with Crippen LogP contribution in [-0.4, -0.2) is 5.91 Å². The molecule has 1 aliphatic rings. The van der Waals surface area contributed by atoms with Crippen LogP contribution in [0.5, 0.6) is 5.75 Å². The summed E-state index contributed by atoms with van der Waals surface area (Å²) in [6.45, 7) is 7.71. The van der Waals surface area contributed by atoms with Gasteiger partial charge in [0.15, 0.2) is 0 Å². The van der Waals surface area contributed by atoms with Gasteiger partial charge in [-0.05, 0) is 84.2 Å². The van der Waals surface area contributed by atoms with Gasteiger partial charge in [-0.15, -0.1) is 11.3 Å². The molecule has 4 heteroatoms. The lowest BCUT2D eigenvalue weighted by molar-refractivity contribution is -0.120. The van der Waals surface area contributed by atoms with E-state index >= 15 is 0 Å². The zero-order valence-corrected chi connectivity index (χ0v) is 23.5. The van der Waals surface area contributed by atoms with E-state index in [0.29, 0.717) is 19.1 Å². The second kappa shape index (κ2) is 12.0. The number of amides is 1. The quantitative estimate of drug-likeness (QED) is 0.220. The molecule has 0 spiro atoms. The van der Waals surface area contributed by atoms with Gasteiger partial charge in [0.05, 0.1) is 12.5 Å². The molecule has 0 saturated carbocycles. The third kappa shape index (κ3) is 5.86. The molecule has 38 heavy (non-hydrogen) atoms. The fraction of sp³-hybridized carbons (Fsp3) is 0.324. The summed E-state index contributed by atoms with van der Waals surface area (Å²) in [5.41, 5.74) is 5.71. The molecule has 1 heterocycles. The van der Waals surface area contributed by atoms with Crippen molar-refractivity contribution in [2.45, 2.75) is 71.4 Å². The van der Waals surface area contributed by atoms with Gasteiger partial charge in [0, 0.05) is 15.4 Å². The second-order valence-electron chi connectivity index (χ2n) is 10.4. The lowest BCUT2D eigenvalue weighted by Gasteiger charge is -2.32. The number of benzene rings is 3. The molecule has 0 aliphatic heterocycles. The topological polar surface area (TPSA) is 29.5 Å². The maximum Gasteiger partial charge on any atom is 0.234 e. The average molecular weight is 524 g/mol. The van der Waals surface area contributed by atoms with E-state index in [-0.39, 0.29) is 11.8 Å². The van der Waals surface area contributed by atoms with Crippen LogP contribution >= 0.6 is 11.3 Å². The van der Waals surface area contributed by atoms with E-state index in [1.165, 1.54) is 20.9 Å². The summed E-state index contributed by atoms with van der Waals surface area (Å²) < 4.78 is 6.29. The minimum atomic E-state index is -0.172. The van der Waals surface area contributed by atoms with Crippen molar-refractivity contribution in [2.24, 2.45) is 0 Å².